The lowest BCUT2D eigenvalue weighted by molar-refractivity contribution is 0.102. The molecule has 1 aliphatic carbocycles. The molecule has 2 aliphatic rings. The second kappa shape index (κ2) is 6.13. The van der Waals surface area contributed by atoms with Gasteiger partial charge in [-0.25, -0.2) is 15.0 Å². The van der Waals surface area contributed by atoms with Crippen LogP contribution in [-0.4, -0.2) is 56.5 Å². The number of rotatable bonds is 4. The summed E-state index contributed by atoms with van der Waals surface area (Å²) in [5.41, 5.74) is 7.60. The van der Waals surface area contributed by atoms with E-state index >= 15 is 0 Å². The van der Waals surface area contributed by atoms with E-state index in [1.807, 2.05) is 13.1 Å². The molecule has 3 aromatic heterocycles. The van der Waals surface area contributed by atoms with Crippen molar-refractivity contribution < 1.29 is 9.53 Å². The number of anilines is 2. The number of piperidine rings is 1. The number of fused-ring (bicyclic) bond motifs is 2. The Labute approximate surface area is 160 Å². The molecule has 28 heavy (non-hydrogen) atoms. The Hall–Kier alpha value is -3.27. The highest BCUT2D eigenvalue weighted by atomic mass is 16.5. The number of carbonyl (C=O) groups is 1. The van der Waals surface area contributed by atoms with Crippen LogP contribution in [0, 0.1) is 18.8 Å². The summed E-state index contributed by atoms with van der Waals surface area (Å²) in [6.07, 6.45) is 6.61. The number of hydrogen-bond donors (Lipinski definition) is 2. The number of nitrogens with one attached hydrogen (secondary N) is 1. The normalized spacial score (nSPS) is 23.0. The Balaban J connectivity index is 1.32. The first-order valence-corrected chi connectivity index (χ1v) is 9.08. The number of aromatic nitrogens is 5. The molecular formula is C18H20N8O2. The van der Waals surface area contributed by atoms with Crippen molar-refractivity contribution in [2.24, 2.45) is 17.6 Å². The standard InChI is InChI=1S/C18H20N8O2/c1-9-5-26-8-13(24-18(28-2)16(26)22-9)23-17(27)12-3-21-14(4-20-12)25-6-10-11(7-25)15(10)19/h3-5,8,10-11,15H,6-7,19H2,1-2H3,(H,23,27)/t10-,11+,15?. The van der Waals surface area contributed by atoms with Gasteiger partial charge in [-0.2, -0.15) is 4.98 Å². The Kier molecular flexibility index (Phi) is 3.69. The molecule has 1 aliphatic heterocycles. The summed E-state index contributed by atoms with van der Waals surface area (Å²) < 4.78 is 7.03. The Morgan fingerprint density at radius 2 is 2.00 bits per heavy atom. The van der Waals surface area contributed by atoms with E-state index in [0.717, 1.165) is 24.6 Å². The molecule has 0 bridgehead atoms. The summed E-state index contributed by atoms with van der Waals surface area (Å²) in [6, 6.07) is 0.329. The lowest BCUT2D eigenvalue weighted by Gasteiger charge is -2.19. The van der Waals surface area contributed by atoms with Crippen molar-refractivity contribution in [1.29, 1.82) is 0 Å². The van der Waals surface area contributed by atoms with Gasteiger partial charge >= 0.3 is 0 Å². The van der Waals surface area contributed by atoms with Crippen LogP contribution in [0.5, 0.6) is 5.88 Å². The van der Waals surface area contributed by atoms with Gasteiger partial charge in [0.15, 0.2) is 5.82 Å². The lowest BCUT2D eigenvalue weighted by Crippen LogP contribution is -2.29. The minimum absolute atomic E-state index is 0.215. The SMILES string of the molecule is COc1nc(NC(=O)c2cnc(N3C[C@@H]4C(N)[C@@H]4C3)cn2)cn2cc(C)nc12. The third-order valence-corrected chi connectivity index (χ3v) is 5.42. The number of carbonyl (C=O) groups excluding carboxylic acids is 1. The van der Waals surface area contributed by atoms with Crippen LogP contribution in [0.2, 0.25) is 0 Å². The molecule has 3 aromatic rings. The van der Waals surface area contributed by atoms with Gasteiger partial charge in [0.05, 0.1) is 31.4 Å². The zero-order valence-electron chi connectivity index (χ0n) is 15.5. The molecule has 10 heteroatoms. The second-order valence-corrected chi connectivity index (χ2v) is 7.27. The van der Waals surface area contributed by atoms with Crippen LogP contribution < -0.4 is 20.7 Å². The zero-order valence-corrected chi connectivity index (χ0v) is 15.5. The van der Waals surface area contributed by atoms with Crippen molar-refractivity contribution >= 4 is 23.2 Å². The van der Waals surface area contributed by atoms with Crippen LogP contribution in [-0.2, 0) is 0 Å². The summed E-state index contributed by atoms with van der Waals surface area (Å²) in [5.74, 6) is 2.17. The molecule has 1 saturated carbocycles. The topological polar surface area (TPSA) is 124 Å². The van der Waals surface area contributed by atoms with E-state index in [1.54, 1.807) is 16.8 Å². The maximum atomic E-state index is 12.5. The van der Waals surface area contributed by atoms with Crippen LogP contribution in [0.25, 0.3) is 5.65 Å². The van der Waals surface area contributed by atoms with Gasteiger partial charge in [-0.05, 0) is 18.8 Å². The molecule has 1 unspecified atom stereocenters. The van der Waals surface area contributed by atoms with Gasteiger partial charge in [-0.15, -0.1) is 0 Å². The van der Waals surface area contributed by atoms with Gasteiger partial charge in [0.2, 0.25) is 5.65 Å². The maximum absolute atomic E-state index is 12.5. The highest BCUT2D eigenvalue weighted by Crippen LogP contribution is 2.44. The van der Waals surface area contributed by atoms with Crippen molar-refractivity contribution in [1.82, 2.24) is 24.3 Å². The minimum Gasteiger partial charge on any atom is -0.478 e. The molecule has 0 aromatic carbocycles. The second-order valence-electron chi connectivity index (χ2n) is 7.27. The van der Waals surface area contributed by atoms with E-state index in [0.29, 0.717) is 35.2 Å². The van der Waals surface area contributed by atoms with Crippen molar-refractivity contribution in [2.45, 2.75) is 13.0 Å². The van der Waals surface area contributed by atoms with Gasteiger partial charge in [-0.1, -0.05) is 0 Å². The van der Waals surface area contributed by atoms with Crippen LogP contribution in [0.15, 0.2) is 24.8 Å². The maximum Gasteiger partial charge on any atom is 0.277 e. The van der Waals surface area contributed by atoms with E-state index in [-0.39, 0.29) is 5.69 Å². The largest absolute Gasteiger partial charge is 0.478 e. The number of nitrogens with two attached hydrogens (primary N) is 1. The summed E-state index contributed by atoms with van der Waals surface area (Å²) in [5, 5.41) is 2.73. The Bertz CT molecular complexity index is 1050. The molecule has 1 saturated heterocycles. The van der Waals surface area contributed by atoms with Gasteiger partial charge in [0, 0.05) is 25.3 Å². The quantitative estimate of drug-likeness (QED) is 0.670. The number of methoxy groups -OCH3 is 1. The molecule has 1 amide bonds. The monoisotopic (exact) mass is 380 g/mol. The molecule has 3 N–H and O–H groups in total. The minimum atomic E-state index is -0.393. The highest BCUT2D eigenvalue weighted by Gasteiger charge is 2.53. The summed E-state index contributed by atoms with van der Waals surface area (Å²) in [7, 11) is 1.51. The number of ether oxygens (including phenoxy) is 1. The average molecular weight is 380 g/mol. The number of imidazole rings is 1. The van der Waals surface area contributed by atoms with Crippen LogP contribution in [0.3, 0.4) is 0 Å². The summed E-state index contributed by atoms with van der Waals surface area (Å²) >= 11 is 0. The first-order chi connectivity index (χ1) is 13.5. The molecule has 0 spiro atoms. The van der Waals surface area contributed by atoms with E-state index in [1.165, 1.54) is 13.3 Å². The number of hydrogen-bond acceptors (Lipinski definition) is 8. The fourth-order valence-electron chi connectivity index (χ4n) is 3.83. The molecule has 144 valence electrons. The fraction of sp³-hybridized carbons (Fsp3) is 0.389. The first kappa shape index (κ1) is 16.9. The van der Waals surface area contributed by atoms with Gasteiger partial charge < -0.3 is 20.7 Å². The third-order valence-electron chi connectivity index (χ3n) is 5.42. The molecule has 4 heterocycles. The number of amides is 1. The lowest BCUT2D eigenvalue weighted by atomic mass is 10.3. The number of aryl methyl sites for hydroxylation is 1. The molecule has 2 fully saturated rings. The molecule has 0 radical (unpaired) electrons. The van der Waals surface area contributed by atoms with E-state index in [4.69, 9.17) is 10.5 Å². The van der Waals surface area contributed by atoms with E-state index in [9.17, 15) is 4.79 Å². The predicted octanol–water partition coefficient (Wildman–Crippen LogP) is 0.482. The van der Waals surface area contributed by atoms with Crippen molar-refractivity contribution in [3.8, 4) is 5.88 Å². The predicted molar refractivity (Wildman–Crippen MR) is 101 cm³/mol. The summed E-state index contributed by atoms with van der Waals surface area (Å²) in [6.45, 7) is 3.68. The van der Waals surface area contributed by atoms with Crippen molar-refractivity contribution in [2.75, 3.05) is 30.4 Å². The first-order valence-electron chi connectivity index (χ1n) is 9.08. The molecule has 5 rings (SSSR count). The Morgan fingerprint density at radius 3 is 2.68 bits per heavy atom. The summed E-state index contributed by atoms with van der Waals surface area (Å²) in [4.78, 5) is 32.0. The van der Waals surface area contributed by atoms with E-state index in [2.05, 4.69) is 30.2 Å². The van der Waals surface area contributed by atoms with Crippen LogP contribution >= 0.6 is 0 Å². The third kappa shape index (κ3) is 2.73. The van der Waals surface area contributed by atoms with Gasteiger partial charge in [-0.3, -0.25) is 9.20 Å². The van der Waals surface area contributed by atoms with Crippen molar-refractivity contribution in [3.05, 3.63) is 36.2 Å². The highest BCUT2D eigenvalue weighted by molar-refractivity contribution is 6.02. The van der Waals surface area contributed by atoms with Gasteiger partial charge in [0.1, 0.15) is 11.5 Å². The fourth-order valence-corrected chi connectivity index (χ4v) is 3.83. The average Bonchev–Trinajstić information content (AvgIpc) is 3.06. The van der Waals surface area contributed by atoms with Gasteiger partial charge in [0.25, 0.3) is 11.8 Å². The van der Waals surface area contributed by atoms with Crippen molar-refractivity contribution in [3.63, 3.8) is 0 Å². The molecular weight excluding hydrogens is 360 g/mol. The number of nitrogens with zero attached hydrogens (tertiary/aromatic N) is 6. The molecule has 3 atom stereocenters. The molecule has 10 nitrogen and oxygen atoms in total. The van der Waals surface area contributed by atoms with Crippen LogP contribution in [0.1, 0.15) is 16.2 Å². The van der Waals surface area contributed by atoms with Crippen LogP contribution in [0.4, 0.5) is 11.6 Å². The van der Waals surface area contributed by atoms with E-state index < -0.39 is 5.91 Å². The smallest absolute Gasteiger partial charge is 0.277 e. The Morgan fingerprint density at radius 1 is 1.21 bits per heavy atom. The zero-order chi connectivity index (χ0) is 19.4.